The molecule has 84 valence electrons. The topological polar surface area (TPSA) is 25.8 Å². The van der Waals surface area contributed by atoms with Gasteiger partial charge in [0.05, 0.1) is 17.1 Å². The zero-order valence-corrected chi connectivity index (χ0v) is 11.4. The maximum atomic E-state index is 4.54. The van der Waals surface area contributed by atoms with Crippen LogP contribution in [0.5, 0.6) is 0 Å². The Kier molecular flexibility index (Phi) is 5.47. The minimum Gasteiger partial charge on any atom is -0.257 e. The van der Waals surface area contributed by atoms with Crippen molar-refractivity contribution in [3.05, 3.63) is 23.3 Å². The van der Waals surface area contributed by atoms with Crippen LogP contribution >= 0.6 is 23.5 Å². The minimum absolute atomic E-state index is 0.648. The van der Waals surface area contributed by atoms with E-state index < -0.39 is 0 Å². The Morgan fingerprint density at radius 1 is 1.27 bits per heavy atom. The van der Waals surface area contributed by atoms with Gasteiger partial charge in [0.15, 0.2) is 0 Å². The van der Waals surface area contributed by atoms with Crippen LogP contribution in [0.3, 0.4) is 0 Å². The van der Waals surface area contributed by atoms with E-state index in [1.54, 1.807) is 11.8 Å². The van der Waals surface area contributed by atoms with Crippen molar-refractivity contribution in [1.82, 2.24) is 9.97 Å². The van der Waals surface area contributed by atoms with E-state index in [9.17, 15) is 0 Å². The maximum absolute atomic E-state index is 4.54. The molecular weight excluding hydrogens is 224 g/mol. The first-order chi connectivity index (χ1) is 7.13. The molecule has 4 heteroatoms. The van der Waals surface area contributed by atoms with Gasteiger partial charge in [-0.1, -0.05) is 13.8 Å². The molecule has 0 bridgehead atoms. The molecule has 15 heavy (non-hydrogen) atoms. The Balaban J connectivity index is 2.76. The smallest absolute Gasteiger partial charge is 0.0729 e. The van der Waals surface area contributed by atoms with Gasteiger partial charge in [-0.3, -0.25) is 9.97 Å². The fourth-order valence-corrected chi connectivity index (χ4v) is 2.41. The van der Waals surface area contributed by atoms with Crippen molar-refractivity contribution in [2.75, 3.05) is 6.26 Å². The average molecular weight is 242 g/mol. The molecule has 0 atom stereocenters. The maximum Gasteiger partial charge on any atom is 0.0729 e. The monoisotopic (exact) mass is 242 g/mol. The first kappa shape index (κ1) is 12.8. The molecule has 2 nitrogen and oxygen atoms in total. The van der Waals surface area contributed by atoms with E-state index >= 15 is 0 Å². The highest BCUT2D eigenvalue weighted by Crippen LogP contribution is 2.19. The lowest BCUT2D eigenvalue weighted by Gasteiger charge is -2.08. The second-order valence-corrected chi connectivity index (χ2v) is 6.13. The Morgan fingerprint density at radius 3 is 2.60 bits per heavy atom. The van der Waals surface area contributed by atoms with Gasteiger partial charge in [0.2, 0.25) is 0 Å². The van der Waals surface area contributed by atoms with Crippen molar-refractivity contribution in [1.29, 1.82) is 0 Å². The van der Waals surface area contributed by atoms with Gasteiger partial charge in [0, 0.05) is 17.7 Å². The first-order valence-corrected chi connectivity index (χ1v) is 7.49. The number of rotatable bonds is 5. The average Bonchev–Trinajstić information content (AvgIpc) is 2.17. The van der Waals surface area contributed by atoms with Crippen LogP contribution in [0.1, 0.15) is 30.9 Å². The molecule has 0 saturated heterocycles. The van der Waals surface area contributed by atoms with Crippen LogP contribution in [0.2, 0.25) is 0 Å². The number of thioether (sulfide) groups is 2. The number of aryl methyl sites for hydroxylation is 1. The summed E-state index contributed by atoms with van der Waals surface area (Å²) in [7, 11) is 0. The summed E-state index contributed by atoms with van der Waals surface area (Å²) in [6, 6.07) is 0. The molecule has 0 aliphatic rings. The lowest BCUT2D eigenvalue weighted by atomic mass is 10.3. The summed E-state index contributed by atoms with van der Waals surface area (Å²) in [4.78, 5) is 9.02. The third-order valence-corrected chi connectivity index (χ3v) is 3.55. The molecule has 0 N–H and O–H groups in total. The van der Waals surface area contributed by atoms with Crippen molar-refractivity contribution in [2.45, 2.75) is 37.5 Å². The molecule has 1 heterocycles. The molecule has 0 saturated carbocycles. The largest absolute Gasteiger partial charge is 0.257 e. The number of nitrogens with zero attached hydrogens (tertiary/aromatic N) is 2. The summed E-state index contributed by atoms with van der Waals surface area (Å²) in [5.41, 5.74) is 3.31. The molecule has 1 aromatic heterocycles. The van der Waals surface area contributed by atoms with E-state index in [0.717, 1.165) is 28.6 Å². The van der Waals surface area contributed by atoms with Gasteiger partial charge in [0.1, 0.15) is 0 Å². The van der Waals surface area contributed by atoms with Gasteiger partial charge in [-0.2, -0.15) is 23.5 Å². The summed E-state index contributed by atoms with van der Waals surface area (Å²) in [5, 5.41) is 0.648. The fraction of sp³-hybridized carbons (Fsp3) is 0.636. The molecule has 0 spiro atoms. The van der Waals surface area contributed by atoms with Crippen molar-refractivity contribution >= 4 is 23.5 Å². The Labute approximate surface area is 101 Å². The van der Waals surface area contributed by atoms with Gasteiger partial charge in [0.25, 0.3) is 0 Å². The third kappa shape index (κ3) is 4.43. The SMILES string of the molecule is CSCc1nc(C)cnc1CSC(C)C. The second kappa shape index (κ2) is 6.38. The molecule has 0 aliphatic carbocycles. The van der Waals surface area contributed by atoms with Crippen LogP contribution in [0.25, 0.3) is 0 Å². The van der Waals surface area contributed by atoms with Gasteiger partial charge in [-0.25, -0.2) is 0 Å². The van der Waals surface area contributed by atoms with Crippen molar-refractivity contribution in [3.63, 3.8) is 0 Å². The Hall–Kier alpha value is -0.220. The Morgan fingerprint density at radius 2 is 2.00 bits per heavy atom. The second-order valence-electron chi connectivity index (χ2n) is 3.70. The normalized spacial score (nSPS) is 11.0. The van der Waals surface area contributed by atoms with Crippen LogP contribution in [0, 0.1) is 6.92 Å². The van der Waals surface area contributed by atoms with E-state index in [0.29, 0.717) is 5.25 Å². The third-order valence-electron chi connectivity index (χ3n) is 1.89. The van der Waals surface area contributed by atoms with Crippen molar-refractivity contribution in [2.24, 2.45) is 0 Å². The van der Waals surface area contributed by atoms with Crippen LogP contribution in [0.4, 0.5) is 0 Å². The minimum atomic E-state index is 0.648. The van der Waals surface area contributed by atoms with E-state index in [2.05, 4.69) is 30.1 Å². The zero-order valence-electron chi connectivity index (χ0n) is 9.78. The van der Waals surface area contributed by atoms with E-state index in [4.69, 9.17) is 0 Å². The molecule has 0 radical (unpaired) electrons. The molecular formula is C11H18N2S2. The summed E-state index contributed by atoms with van der Waals surface area (Å²) < 4.78 is 0. The van der Waals surface area contributed by atoms with Crippen molar-refractivity contribution in [3.8, 4) is 0 Å². The summed E-state index contributed by atoms with van der Waals surface area (Å²) in [5.74, 6) is 1.93. The van der Waals surface area contributed by atoms with E-state index in [-0.39, 0.29) is 0 Å². The summed E-state index contributed by atoms with van der Waals surface area (Å²) in [6.45, 7) is 6.41. The summed E-state index contributed by atoms with van der Waals surface area (Å²) >= 11 is 3.72. The highest BCUT2D eigenvalue weighted by Gasteiger charge is 2.07. The van der Waals surface area contributed by atoms with Gasteiger partial charge in [-0.05, 0) is 18.4 Å². The number of aromatic nitrogens is 2. The quantitative estimate of drug-likeness (QED) is 0.791. The molecule has 0 unspecified atom stereocenters. The molecule has 1 rings (SSSR count). The van der Waals surface area contributed by atoms with Gasteiger partial charge in [-0.15, -0.1) is 0 Å². The number of hydrogen-bond acceptors (Lipinski definition) is 4. The van der Waals surface area contributed by atoms with Crippen LogP contribution in [-0.2, 0) is 11.5 Å². The molecule has 0 aromatic carbocycles. The highest BCUT2D eigenvalue weighted by molar-refractivity contribution is 7.99. The standard InChI is InChI=1S/C11H18N2S2/c1-8(2)15-7-10-11(6-14-4)13-9(3)5-12-10/h5,8H,6-7H2,1-4H3. The van der Waals surface area contributed by atoms with Crippen LogP contribution in [0.15, 0.2) is 6.20 Å². The van der Waals surface area contributed by atoms with Crippen LogP contribution in [-0.4, -0.2) is 21.5 Å². The predicted molar refractivity (Wildman–Crippen MR) is 70.4 cm³/mol. The zero-order chi connectivity index (χ0) is 11.3. The molecule has 1 aromatic rings. The van der Waals surface area contributed by atoms with Crippen LogP contribution < -0.4 is 0 Å². The molecule has 0 aliphatic heterocycles. The molecule has 0 amide bonds. The Bertz CT molecular complexity index is 313. The highest BCUT2D eigenvalue weighted by atomic mass is 32.2. The lowest BCUT2D eigenvalue weighted by Crippen LogP contribution is -2.01. The lowest BCUT2D eigenvalue weighted by molar-refractivity contribution is 0.979. The summed E-state index contributed by atoms with van der Waals surface area (Å²) in [6.07, 6.45) is 3.96. The van der Waals surface area contributed by atoms with E-state index in [1.165, 1.54) is 0 Å². The van der Waals surface area contributed by atoms with E-state index in [1.807, 2.05) is 24.9 Å². The molecule has 0 fully saturated rings. The fourth-order valence-electron chi connectivity index (χ4n) is 1.17. The number of hydrogen-bond donors (Lipinski definition) is 0. The first-order valence-electron chi connectivity index (χ1n) is 5.05. The van der Waals surface area contributed by atoms with Gasteiger partial charge < -0.3 is 0 Å². The predicted octanol–water partition coefficient (Wildman–Crippen LogP) is 3.29. The van der Waals surface area contributed by atoms with Crippen molar-refractivity contribution < 1.29 is 0 Å². The van der Waals surface area contributed by atoms with Gasteiger partial charge >= 0.3 is 0 Å².